The van der Waals surface area contributed by atoms with E-state index in [1.54, 1.807) is 31.4 Å². The minimum absolute atomic E-state index is 0.0349. The highest BCUT2D eigenvalue weighted by Crippen LogP contribution is 2.39. The van der Waals surface area contributed by atoms with E-state index in [1.807, 2.05) is 0 Å². The first-order chi connectivity index (χ1) is 14.0. The molecular formula is C22H22FNO5. The van der Waals surface area contributed by atoms with Gasteiger partial charge in [0.25, 0.3) is 11.7 Å². The number of ether oxygens (including phenoxy) is 2. The molecule has 2 aromatic carbocycles. The molecule has 0 saturated carbocycles. The predicted molar refractivity (Wildman–Crippen MR) is 105 cm³/mol. The number of methoxy groups -OCH3 is 2. The van der Waals surface area contributed by atoms with Gasteiger partial charge in [0, 0.05) is 25.8 Å². The molecule has 1 saturated heterocycles. The summed E-state index contributed by atoms with van der Waals surface area (Å²) in [6, 6.07) is 11.3. The second-order valence-corrected chi connectivity index (χ2v) is 6.62. The Bertz CT molecular complexity index is 938. The van der Waals surface area contributed by atoms with Gasteiger partial charge in [-0.3, -0.25) is 9.59 Å². The summed E-state index contributed by atoms with van der Waals surface area (Å²) in [6.07, 6.45) is 0.514. The summed E-state index contributed by atoms with van der Waals surface area (Å²) in [5, 5.41) is 10.9. The van der Waals surface area contributed by atoms with Crippen LogP contribution in [0.5, 0.6) is 5.75 Å². The van der Waals surface area contributed by atoms with Gasteiger partial charge in [0.05, 0.1) is 18.7 Å². The van der Waals surface area contributed by atoms with Gasteiger partial charge in [0.2, 0.25) is 0 Å². The van der Waals surface area contributed by atoms with Crippen LogP contribution in [-0.4, -0.2) is 49.1 Å². The van der Waals surface area contributed by atoms with Crippen molar-refractivity contribution in [3.63, 3.8) is 0 Å². The Morgan fingerprint density at radius 1 is 1.14 bits per heavy atom. The van der Waals surface area contributed by atoms with Crippen LogP contribution in [-0.2, 0) is 14.3 Å². The summed E-state index contributed by atoms with van der Waals surface area (Å²) in [5.74, 6) is -1.72. The first kappa shape index (κ1) is 20.5. The maximum atomic E-state index is 13.4. The van der Waals surface area contributed by atoms with Gasteiger partial charge in [-0.05, 0) is 36.2 Å². The Hall–Kier alpha value is -3.19. The van der Waals surface area contributed by atoms with Gasteiger partial charge in [-0.15, -0.1) is 0 Å². The van der Waals surface area contributed by atoms with Gasteiger partial charge < -0.3 is 19.5 Å². The highest BCUT2D eigenvalue weighted by atomic mass is 19.1. The van der Waals surface area contributed by atoms with Crippen molar-refractivity contribution in [2.75, 3.05) is 27.4 Å². The third-order valence-electron chi connectivity index (χ3n) is 4.82. The monoisotopic (exact) mass is 399 g/mol. The molecule has 0 aromatic heterocycles. The predicted octanol–water partition coefficient (Wildman–Crippen LogP) is 3.29. The highest BCUT2D eigenvalue weighted by molar-refractivity contribution is 6.46. The van der Waals surface area contributed by atoms with E-state index in [-0.39, 0.29) is 17.9 Å². The fraction of sp³-hybridized carbons (Fsp3) is 0.273. The average molecular weight is 399 g/mol. The van der Waals surface area contributed by atoms with E-state index in [0.29, 0.717) is 29.9 Å². The van der Waals surface area contributed by atoms with Crippen molar-refractivity contribution in [1.29, 1.82) is 0 Å². The number of amides is 1. The number of ketones is 1. The number of benzene rings is 2. The SMILES string of the molecule is COCCCN1C(=O)C(=O)/C(=C(/O)c2cccc(OC)c2)C1c1ccc(F)cc1. The standard InChI is InChI=1S/C22H22FNO5/c1-28-12-4-11-24-19(14-7-9-16(23)10-8-14)18(21(26)22(24)27)20(25)15-5-3-6-17(13-15)29-2/h3,5-10,13,19,25H,4,11-12H2,1-2H3/b20-18+. The molecule has 152 valence electrons. The summed E-state index contributed by atoms with van der Waals surface area (Å²) >= 11 is 0. The minimum atomic E-state index is -0.821. The van der Waals surface area contributed by atoms with E-state index in [9.17, 15) is 19.1 Å². The second kappa shape index (κ2) is 8.87. The van der Waals surface area contributed by atoms with Crippen molar-refractivity contribution < 1.29 is 28.6 Å². The number of aliphatic hydroxyl groups excluding tert-OH is 1. The second-order valence-electron chi connectivity index (χ2n) is 6.62. The number of nitrogens with zero attached hydrogens (tertiary/aromatic N) is 1. The number of carbonyl (C=O) groups is 2. The normalized spacial score (nSPS) is 18.3. The molecule has 29 heavy (non-hydrogen) atoms. The molecule has 1 atom stereocenters. The first-order valence-corrected chi connectivity index (χ1v) is 9.15. The fourth-order valence-corrected chi connectivity index (χ4v) is 3.41. The molecule has 7 heteroatoms. The van der Waals surface area contributed by atoms with Crippen LogP contribution in [0.2, 0.25) is 0 Å². The van der Waals surface area contributed by atoms with Crippen LogP contribution in [0.25, 0.3) is 5.76 Å². The largest absolute Gasteiger partial charge is 0.507 e. The van der Waals surface area contributed by atoms with Gasteiger partial charge in [-0.1, -0.05) is 24.3 Å². The smallest absolute Gasteiger partial charge is 0.295 e. The summed E-state index contributed by atoms with van der Waals surface area (Å²) in [4.78, 5) is 26.9. The molecule has 1 amide bonds. The lowest BCUT2D eigenvalue weighted by atomic mass is 9.95. The Labute approximate surface area is 168 Å². The van der Waals surface area contributed by atoms with Gasteiger partial charge in [0.1, 0.15) is 17.3 Å². The van der Waals surface area contributed by atoms with E-state index in [1.165, 1.54) is 36.3 Å². The summed E-state index contributed by atoms with van der Waals surface area (Å²) in [7, 11) is 3.04. The number of carbonyl (C=O) groups excluding carboxylic acids is 2. The zero-order chi connectivity index (χ0) is 21.0. The van der Waals surface area contributed by atoms with Gasteiger partial charge >= 0.3 is 0 Å². The van der Waals surface area contributed by atoms with Crippen molar-refractivity contribution in [3.05, 3.63) is 71.0 Å². The topological polar surface area (TPSA) is 76.1 Å². The molecular weight excluding hydrogens is 377 g/mol. The summed E-state index contributed by atoms with van der Waals surface area (Å²) < 4.78 is 23.7. The number of halogens is 1. The van der Waals surface area contributed by atoms with Crippen molar-refractivity contribution in [2.45, 2.75) is 12.5 Å². The average Bonchev–Trinajstić information content (AvgIpc) is 2.99. The molecule has 0 aliphatic carbocycles. The van der Waals surface area contributed by atoms with E-state index in [0.717, 1.165) is 0 Å². The number of rotatable bonds is 7. The molecule has 1 N–H and O–H groups in total. The van der Waals surface area contributed by atoms with Crippen LogP contribution in [0.15, 0.2) is 54.1 Å². The third-order valence-corrected chi connectivity index (χ3v) is 4.82. The Morgan fingerprint density at radius 3 is 2.52 bits per heavy atom. The molecule has 1 fully saturated rings. The highest BCUT2D eigenvalue weighted by Gasteiger charge is 2.45. The molecule has 6 nitrogen and oxygen atoms in total. The summed E-state index contributed by atoms with van der Waals surface area (Å²) in [5.41, 5.74) is 0.853. The van der Waals surface area contributed by atoms with Crippen molar-refractivity contribution in [3.8, 4) is 5.75 Å². The molecule has 0 spiro atoms. The molecule has 1 unspecified atom stereocenters. The third kappa shape index (κ3) is 4.14. The molecule has 1 heterocycles. The molecule has 0 radical (unpaired) electrons. The van der Waals surface area contributed by atoms with E-state index in [2.05, 4.69) is 0 Å². The van der Waals surface area contributed by atoms with Crippen molar-refractivity contribution in [1.82, 2.24) is 4.90 Å². The van der Waals surface area contributed by atoms with Gasteiger partial charge in [-0.25, -0.2) is 4.39 Å². The van der Waals surface area contributed by atoms with Crippen LogP contribution < -0.4 is 4.74 Å². The number of aliphatic hydroxyl groups is 1. The Balaban J connectivity index is 2.12. The molecule has 1 aliphatic heterocycles. The van der Waals surface area contributed by atoms with Crippen LogP contribution >= 0.6 is 0 Å². The zero-order valence-corrected chi connectivity index (χ0v) is 16.2. The zero-order valence-electron chi connectivity index (χ0n) is 16.2. The van der Waals surface area contributed by atoms with E-state index in [4.69, 9.17) is 9.47 Å². The van der Waals surface area contributed by atoms with E-state index < -0.39 is 23.5 Å². The van der Waals surface area contributed by atoms with Crippen molar-refractivity contribution in [2.24, 2.45) is 0 Å². The maximum absolute atomic E-state index is 13.4. The quantitative estimate of drug-likeness (QED) is 0.335. The maximum Gasteiger partial charge on any atom is 0.295 e. The van der Waals surface area contributed by atoms with Gasteiger partial charge in [0.15, 0.2) is 0 Å². The van der Waals surface area contributed by atoms with Crippen molar-refractivity contribution >= 4 is 17.4 Å². The Morgan fingerprint density at radius 2 is 1.86 bits per heavy atom. The Kier molecular flexibility index (Phi) is 6.29. The minimum Gasteiger partial charge on any atom is -0.507 e. The molecule has 2 aromatic rings. The number of Topliss-reactive ketones (excluding diaryl/α,β-unsaturated/α-hetero) is 1. The van der Waals surface area contributed by atoms with Crippen LogP contribution in [0.1, 0.15) is 23.6 Å². The first-order valence-electron chi connectivity index (χ1n) is 9.15. The molecule has 1 aliphatic rings. The van der Waals surface area contributed by atoms with Gasteiger partial charge in [-0.2, -0.15) is 0 Å². The lowest BCUT2D eigenvalue weighted by Crippen LogP contribution is -2.31. The van der Waals surface area contributed by atoms with E-state index >= 15 is 0 Å². The molecule has 3 rings (SSSR count). The number of hydrogen-bond acceptors (Lipinski definition) is 5. The number of hydrogen-bond donors (Lipinski definition) is 1. The fourth-order valence-electron chi connectivity index (χ4n) is 3.41. The van der Waals surface area contributed by atoms with Crippen LogP contribution in [0.3, 0.4) is 0 Å². The number of likely N-dealkylation sites (tertiary alicyclic amines) is 1. The van der Waals surface area contributed by atoms with Crippen LogP contribution in [0.4, 0.5) is 4.39 Å². The lowest BCUT2D eigenvalue weighted by Gasteiger charge is -2.25. The molecule has 0 bridgehead atoms. The summed E-state index contributed by atoms with van der Waals surface area (Å²) in [6.45, 7) is 0.671. The lowest BCUT2D eigenvalue weighted by molar-refractivity contribution is -0.140. The van der Waals surface area contributed by atoms with Crippen LogP contribution in [0, 0.1) is 5.82 Å².